The van der Waals surface area contributed by atoms with E-state index in [9.17, 15) is 0 Å². The van der Waals surface area contributed by atoms with E-state index < -0.39 is 0 Å². The Morgan fingerprint density at radius 1 is 1.17 bits per heavy atom. The summed E-state index contributed by atoms with van der Waals surface area (Å²) in [6.45, 7) is 0. The molecule has 92 valence electrons. The Labute approximate surface area is 115 Å². The normalized spacial score (nSPS) is 14.8. The molecule has 0 amide bonds. The highest BCUT2D eigenvalue weighted by molar-refractivity contribution is 6.42. The van der Waals surface area contributed by atoms with Crippen molar-refractivity contribution in [2.24, 2.45) is 0 Å². The van der Waals surface area contributed by atoms with Crippen LogP contribution < -0.4 is 5.73 Å². The van der Waals surface area contributed by atoms with Gasteiger partial charge in [-0.15, -0.1) is 0 Å². The number of nitrogens with two attached hydrogens (primary N) is 1. The molecule has 1 heterocycles. The van der Waals surface area contributed by atoms with Gasteiger partial charge in [0.05, 0.1) is 27.6 Å². The average Bonchev–Trinajstić information content (AvgIpc) is 3.18. The molecule has 0 aliphatic heterocycles. The molecule has 2 aromatic rings. The van der Waals surface area contributed by atoms with Crippen LogP contribution in [-0.4, -0.2) is 9.97 Å². The van der Waals surface area contributed by atoms with Crippen LogP contribution in [0.2, 0.25) is 10.0 Å². The van der Waals surface area contributed by atoms with Crippen molar-refractivity contribution in [1.29, 1.82) is 0 Å². The maximum absolute atomic E-state index is 6.00. The van der Waals surface area contributed by atoms with Crippen LogP contribution in [0.4, 0.5) is 5.69 Å². The molecule has 1 aliphatic rings. The van der Waals surface area contributed by atoms with E-state index in [4.69, 9.17) is 28.9 Å². The van der Waals surface area contributed by atoms with Crippen LogP contribution in [-0.2, 0) is 0 Å². The summed E-state index contributed by atoms with van der Waals surface area (Å²) in [7, 11) is 0. The van der Waals surface area contributed by atoms with Gasteiger partial charge in [-0.25, -0.2) is 9.97 Å². The fraction of sp³-hybridized carbons (Fsp3) is 0.231. The van der Waals surface area contributed by atoms with E-state index in [0.29, 0.717) is 27.5 Å². The van der Waals surface area contributed by atoms with Gasteiger partial charge in [0, 0.05) is 11.5 Å². The first-order valence-corrected chi connectivity index (χ1v) is 6.48. The highest BCUT2D eigenvalue weighted by atomic mass is 35.5. The van der Waals surface area contributed by atoms with Crippen LogP contribution in [0, 0.1) is 0 Å². The Hall–Kier alpha value is -1.32. The van der Waals surface area contributed by atoms with Crippen molar-refractivity contribution in [2.45, 2.75) is 18.8 Å². The van der Waals surface area contributed by atoms with E-state index in [0.717, 1.165) is 24.1 Å². The lowest BCUT2D eigenvalue weighted by molar-refractivity contribution is 1.00. The van der Waals surface area contributed by atoms with Gasteiger partial charge in [-0.2, -0.15) is 0 Å². The maximum Gasteiger partial charge on any atom is 0.159 e. The second kappa shape index (κ2) is 4.41. The van der Waals surface area contributed by atoms with Gasteiger partial charge >= 0.3 is 0 Å². The molecule has 0 unspecified atom stereocenters. The van der Waals surface area contributed by atoms with E-state index in [1.54, 1.807) is 18.3 Å². The number of anilines is 1. The molecule has 2 N–H and O–H groups in total. The summed E-state index contributed by atoms with van der Waals surface area (Å²) in [5, 5.41) is 1.03. The summed E-state index contributed by atoms with van der Waals surface area (Å²) in [5.74, 6) is 1.14. The van der Waals surface area contributed by atoms with Crippen molar-refractivity contribution in [3.63, 3.8) is 0 Å². The lowest BCUT2D eigenvalue weighted by atomic mass is 10.2. The van der Waals surface area contributed by atoms with Gasteiger partial charge in [-0.1, -0.05) is 23.2 Å². The third-order valence-electron chi connectivity index (χ3n) is 2.99. The molecule has 5 heteroatoms. The van der Waals surface area contributed by atoms with Gasteiger partial charge in [-0.3, -0.25) is 0 Å². The number of hydrogen-bond donors (Lipinski definition) is 1. The first-order chi connectivity index (χ1) is 8.65. The fourth-order valence-electron chi connectivity index (χ4n) is 1.86. The summed E-state index contributed by atoms with van der Waals surface area (Å²) in [6.07, 6.45) is 3.97. The van der Waals surface area contributed by atoms with Gasteiger partial charge in [0.25, 0.3) is 0 Å². The summed E-state index contributed by atoms with van der Waals surface area (Å²) in [5.41, 5.74) is 8.36. The first kappa shape index (κ1) is 11.8. The smallest absolute Gasteiger partial charge is 0.159 e. The Morgan fingerprint density at radius 3 is 2.61 bits per heavy atom. The summed E-state index contributed by atoms with van der Waals surface area (Å²) < 4.78 is 0. The van der Waals surface area contributed by atoms with E-state index in [2.05, 4.69) is 9.97 Å². The van der Waals surface area contributed by atoms with E-state index in [1.807, 2.05) is 6.07 Å². The second-order valence-corrected chi connectivity index (χ2v) is 5.25. The number of nitrogens with zero attached hydrogens (tertiary/aromatic N) is 2. The molecule has 1 aliphatic carbocycles. The highest BCUT2D eigenvalue weighted by Crippen LogP contribution is 2.41. The minimum absolute atomic E-state index is 0.495. The van der Waals surface area contributed by atoms with Gasteiger partial charge < -0.3 is 5.73 Å². The van der Waals surface area contributed by atoms with Crippen molar-refractivity contribution in [3.05, 3.63) is 40.1 Å². The van der Waals surface area contributed by atoms with Crippen molar-refractivity contribution in [3.8, 4) is 11.4 Å². The molecular formula is C13H11Cl2N3. The molecule has 1 aromatic heterocycles. The molecule has 0 saturated heterocycles. The topological polar surface area (TPSA) is 51.8 Å². The number of hydrogen-bond acceptors (Lipinski definition) is 3. The van der Waals surface area contributed by atoms with Crippen LogP contribution in [0.1, 0.15) is 24.5 Å². The van der Waals surface area contributed by atoms with Crippen molar-refractivity contribution in [2.75, 3.05) is 5.73 Å². The zero-order valence-corrected chi connectivity index (χ0v) is 11.0. The quantitative estimate of drug-likeness (QED) is 0.907. The molecule has 1 aromatic carbocycles. The van der Waals surface area contributed by atoms with Gasteiger partial charge in [0.1, 0.15) is 0 Å². The maximum atomic E-state index is 6.00. The monoisotopic (exact) mass is 279 g/mol. The fourth-order valence-corrected chi connectivity index (χ4v) is 2.16. The van der Waals surface area contributed by atoms with E-state index in [1.165, 1.54) is 0 Å². The van der Waals surface area contributed by atoms with Crippen LogP contribution in [0.5, 0.6) is 0 Å². The van der Waals surface area contributed by atoms with Crippen molar-refractivity contribution >= 4 is 28.9 Å². The molecule has 3 rings (SSSR count). The predicted molar refractivity (Wildman–Crippen MR) is 73.9 cm³/mol. The Morgan fingerprint density at radius 2 is 1.94 bits per heavy atom. The Bertz CT molecular complexity index is 609. The zero-order chi connectivity index (χ0) is 12.7. The lowest BCUT2D eigenvalue weighted by Gasteiger charge is -2.06. The summed E-state index contributed by atoms with van der Waals surface area (Å²) in [4.78, 5) is 8.79. The molecular weight excluding hydrogens is 269 g/mol. The van der Waals surface area contributed by atoms with Gasteiger partial charge in [-0.05, 0) is 31.0 Å². The lowest BCUT2D eigenvalue weighted by Crippen LogP contribution is -2.00. The molecule has 18 heavy (non-hydrogen) atoms. The minimum Gasteiger partial charge on any atom is -0.396 e. The van der Waals surface area contributed by atoms with Crippen molar-refractivity contribution in [1.82, 2.24) is 9.97 Å². The number of aromatic nitrogens is 2. The number of benzene rings is 1. The molecule has 0 spiro atoms. The number of halogens is 2. The SMILES string of the molecule is Nc1cnc(-c2ccc(Cl)c(Cl)c2)nc1C1CC1. The predicted octanol–water partition coefficient (Wildman–Crippen LogP) is 3.91. The Balaban J connectivity index is 2.05. The van der Waals surface area contributed by atoms with Crippen LogP contribution >= 0.6 is 23.2 Å². The molecule has 1 fully saturated rings. The summed E-state index contributed by atoms with van der Waals surface area (Å²) in [6, 6.07) is 5.37. The molecule has 3 nitrogen and oxygen atoms in total. The standard InChI is InChI=1S/C13H11Cl2N3/c14-9-4-3-8(5-10(9)15)13-17-6-11(16)12(18-13)7-1-2-7/h3-7H,1-2,16H2. The van der Waals surface area contributed by atoms with Crippen LogP contribution in [0.15, 0.2) is 24.4 Å². The van der Waals surface area contributed by atoms with Crippen molar-refractivity contribution < 1.29 is 0 Å². The molecule has 0 bridgehead atoms. The number of nitrogen functional groups attached to an aromatic ring is 1. The number of rotatable bonds is 2. The van der Waals surface area contributed by atoms with Crippen LogP contribution in [0.3, 0.4) is 0 Å². The molecule has 0 radical (unpaired) electrons. The zero-order valence-electron chi connectivity index (χ0n) is 9.53. The Kier molecular flexibility index (Phi) is 2.88. The average molecular weight is 280 g/mol. The molecule has 0 atom stereocenters. The largest absolute Gasteiger partial charge is 0.396 e. The van der Waals surface area contributed by atoms with Gasteiger partial charge in [0.15, 0.2) is 5.82 Å². The third-order valence-corrected chi connectivity index (χ3v) is 3.73. The van der Waals surface area contributed by atoms with Gasteiger partial charge in [0.2, 0.25) is 0 Å². The minimum atomic E-state index is 0.495. The molecule has 1 saturated carbocycles. The summed E-state index contributed by atoms with van der Waals surface area (Å²) >= 11 is 11.9. The van der Waals surface area contributed by atoms with E-state index >= 15 is 0 Å². The van der Waals surface area contributed by atoms with Crippen LogP contribution in [0.25, 0.3) is 11.4 Å². The first-order valence-electron chi connectivity index (χ1n) is 5.73. The highest BCUT2D eigenvalue weighted by Gasteiger charge is 2.27. The third kappa shape index (κ3) is 2.16. The second-order valence-electron chi connectivity index (χ2n) is 4.44. The van der Waals surface area contributed by atoms with E-state index in [-0.39, 0.29) is 0 Å².